The highest BCUT2D eigenvalue weighted by Crippen LogP contribution is 2.29. The fourth-order valence-electron chi connectivity index (χ4n) is 1.42. The molecule has 4 heteroatoms. The van der Waals surface area contributed by atoms with Crippen molar-refractivity contribution in [1.82, 2.24) is 5.32 Å². The summed E-state index contributed by atoms with van der Waals surface area (Å²) < 4.78 is 7.93. The van der Waals surface area contributed by atoms with Crippen LogP contribution in [0.15, 0.2) is 27.1 Å². The largest absolute Gasteiger partial charge is 0.492 e. The lowest BCUT2D eigenvalue weighted by Crippen LogP contribution is -2.43. The van der Waals surface area contributed by atoms with Crippen LogP contribution in [0, 0.1) is 5.41 Å². The fraction of sp³-hybridized carbons (Fsp3) is 0.600. The Kier molecular flexibility index (Phi) is 5.90. The summed E-state index contributed by atoms with van der Waals surface area (Å²) in [5.41, 5.74) is 0.218. The zero-order valence-corrected chi connectivity index (χ0v) is 15.5. The van der Waals surface area contributed by atoms with Crippen molar-refractivity contribution in [2.75, 3.05) is 13.2 Å². The molecule has 0 saturated carbocycles. The van der Waals surface area contributed by atoms with E-state index in [0.717, 1.165) is 21.2 Å². The molecule has 0 unspecified atom stereocenters. The maximum absolute atomic E-state index is 5.91. The van der Waals surface area contributed by atoms with Crippen LogP contribution in [0.1, 0.15) is 34.6 Å². The fourth-order valence-corrected chi connectivity index (χ4v) is 2.58. The minimum Gasteiger partial charge on any atom is -0.492 e. The molecule has 1 aromatic rings. The van der Waals surface area contributed by atoms with E-state index in [0.29, 0.717) is 6.61 Å². The number of ether oxygens (including phenoxy) is 1. The van der Waals surface area contributed by atoms with Crippen molar-refractivity contribution < 1.29 is 4.74 Å². The second kappa shape index (κ2) is 6.59. The molecule has 0 bridgehead atoms. The highest BCUT2D eigenvalue weighted by Gasteiger charge is 2.22. The number of hydrogen-bond acceptors (Lipinski definition) is 2. The Morgan fingerprint density at radius 3 is 2.26 bits per heavy atom. The molecular weight excluding hydrogens is 370 g/mol. The van der Waals surface area contributed by atoms with E-state index in [1.807, 2.05) is 18.2 Å². The maximum atomic E-state index is 5.91. The summed E-state index contributed by atoms with van der Waals surface area (Å²) >= 11 is 6.95. The van der Waals surface area contributed by atoms with Crippen LogP contribution in [0.5, 0.6) is 5.75 Å². The van der Waals surface area contributed by atoms with Crippen LogP contribution in [0.2, 0.25) is 0 Å². The zero-order valence-electron chi connectivity index (χ0n) is 12.3. The van der Waals surface area contributed by atoms with Crippen LogP contribution >= 0.6 is 31.9 Å². The summed E-state index contributed by atoms with van der Waals surface area (Å²) in [4.78, 5) is 0. The van der Waals surface area contributed by atoms with E-state index < -0.39 is 0 Å². The van der Waals surface area contributed by atoms with Crippen LogP contribution in [-0.2, 0) is 0 Å². The molecule has 0 spiro atoms. The van der Waals surface area contributed by atoms with E-state index in [1.54, 1.807) is 0 Å². The molecule has 0 atom stereocenters. The van der Waals surface area contributed by atoms with Crippen molar-refractivity contribution in [3.8, 4) is 5.75 Å². The Labute approximate surface area is 133 Å². The molecule has 0 amide bonds. The Balaban J connectivity index is 2.55. The summed E-state index contributed by atoms with van der Waals surface area (Å²) in [6.07, 6.45) is 0. The number of nitrogens with one attached hydrogen (secondary N) is 1. The quantitative estimate of drug-likeness (QED) is 0.760. The molecule has 0 aliphatic rings. The molecule has 0 aliphatic heterocycles. The van der Waals surface area contributed by atoms with Gasteiger partial charge in [0.25, 0.3) is 0 Å². The number of hydrogen-bond donors (Lipinski definition) is 1. The zero-order chi connectivity index (χ0) is 14.7. The van der Waals surface area contributed by atoms with Gasteiger partial charge in [0, 0.05) is 22.0 Å². The first kappa shape index (κ1) is 17.0. The summed E-state index contributed by atoms with van der Waals surface area (Å²) in [5.74, 6) is 0.882. The van der Waals surface area contributed by atoms with Gasteiger partial charge in [-0.2, -0.15) is 0 Å². The van der Waals surface area contributed by atoms with E-state index in [1.165, 1.54) is 0 Å². The van der Waals surface area contributed by atoms with Gasteiger partial charge in [-0.15, -0.1) is 0 Å². The van der Waals surface area contributed by atoms with E-state index in [-0.39, 0.29) is 11.0 Å². The first-order valence-electron chi connectivity index (χ1n) is 6.42. The molecule has 19 heavy (non-hydrogen) atoms. The molecule has 0 heterocycles. The minimum atomic E-state index is 0.0831. The van der Waals surface area contributed by atoms with Gasteiger partial charge >= 0.3 is 0 Å². The predicted octanol–water partition coefficient (Wildman–Crippen LogP) is 5.00. The van der Waals surface area contributed by atoms with Gasteiger partial charge < -0.3 is 10.1 Å². The molecule has 108 valence electrons. The molecule has 1 rings (SSSR count). The molecule has 0 aliphatic carbocycles. The molecule has 0 saturated heterocycles. The van der Waals surface area contributed by atoms with Crippen LogP contribution in [0.4, 0.5) is 0 Å². The Bertz CT molecular complexity index is 425. The Morgan fingerprint density at radius 1 is 1.11 bits per heavy atom. The Morgan fingerprint density at radius 2 is 1.74 bits per heavy atom. The molecule has 0 aromatic heterocycles. The first-order chi connectivity index (χ1) is 8.59. The first-order valence-corrected chi connectivity index (χ1v) is 8.01. The molecule has 2 nitrogen and oxygen atoms in total. The monoisotopic (exact) mass is 391 g/mol. The van der Waals surface area contributed by atoms with Crippen LogP contribution < -0.4 is 10.1 Å². The second-order valence-corrected chi connectivity index (χ2v) is 8.40. The molecule has 0 fully saturated rings. The van der Waals surface area contributed by atoms with Gasteiger partial charge in [-0.1, -0.05) is 29.8 Å². The molecule has 1 N–H and O–H groups in total. The van der Waals surface area contributed by atoms with E-state index in [4.69, 9.17) is 4.74 Å². The normalized spacial score (nSPS) is 12.6. The third-order valence-electron chi connectivity index (χ3n) is 2.61. The molecular formula is C15H23Br2NO. The number of rotatable bonds is 5. The predicted molar refractivity (Wildman–Crippen MR) is 88.9 cm³/mol. The maximum Gasteiger partial charge on any atom is 0.133 e. The van der Waals surface area contributed by atoms with Crippen molar-refractivity contribution in [3.63, 3.8) is 0 Å². The van der Waals surface area contributed by atoms with E-state index in [2.05, 4.69) is 71.8 Å². The summed E-state index contributed by atoms with van der Waals surface area (Å²) in [5, 5.41) is 3.52. The Hall–Kier alpha value is -0.0600. The number of halogens is 2. The third kappa shape index (κ3) is 6.77. The molecule has 1 aromatic carbocycles. The highest BCUT2D eigenvalue weighted by molar-refractivity contribution is 9.11. The van der Waals surface area contributed by atoms with Crippen LogP contribution in [0.3, 0.4) is 0 Å². The van der Waals surface area contributed by atoms with Gasteiger partial charge in [-0.25, -0.2) is 0 Å². The van der Waals surface area contributed by atoms with Crippen molar-refractivity contribution in [3.05, 3.63) is 27.1 Å². The van der Waals surface area contributed by atoms with Gasteiger partial charge in [0.15, 0.2) is 0 Å². The highest BCUT2D eigenvalue weighted by atomic mass is 79.9. The summed E-state index contributed by atoms with van der Waals surface area (Å²) in [7, 11) is 0. The standard InChI is InChI=1S/C15H23Br2NO/c1-14(2,3)18-9-15(4,5)10-19-13-7-6-11(16)8-12(13)17/h6-8,18H,9-10H2,1-5H3. The topological polar surface area (TPSA) is 21.3 Å². The third-order valence-corrected chi connectivity index (χ3v) is 3.72. The van der Waals surface area contributed by atoms with Gasteiger partial charge in [-0.05, 0) is 54.9 Å². The average molecular weight is 393 g/mol. The van der Waals surface area contributed by atoms with Crippen molar-refractivity contribution in [1.29, 1.82) is 0 Å². The van der Waals surface area contributed by atoms with Gasteiger partial charge in [0.1, 0.15) is 5.75 Å². The number of benzene rings is 1. The lowest BCUT2D eigenvalue weighted by Gasteiger charge is -2.30. The smallest absolute Gasteiger partial charge is 0.133 e. The van der Waals surface area contributed by atoms with Gasteiger partial charge in [-0.3, -0.25) is 0 Å². The van der Waals surface area contributed by atoms with Crippen molar-refractivity contribution >= 4 is 31.9 Å². The van der Waals surface area contributed by atoms with Crippen molar-refractivity contribution in [2.45, 2.75) is 40.2 Å². The van der Waals surface area contributed by atoms with Crippen LogP contribution in [-0.4, -0.2) is 18.7 Å². The lowest BCUT2D eigenvalue weighted by molar-refractivity contribution is 0.165. The second-order valence-electron chi connectivity index (χ2n) is 6.63. The molecule has 0 radical (unpaired) electrons. The van der Waals surface area contributed by atoms with E-state index >= 15 is 0 Å². The minimum absolute atomic E-state index is 0.0831. The summed E-state index contributed by atoms with van der Waals surface area (Å²) in [6, 6.07) is 5.96. The van der Waals surface area contributed by atoms with Crippen molar-refractivity contribution in [2.24, 2.45) is 5.41 Å². The average Bonchev–Trinajstić information content (AvgIpc) is 2.25. The van der Waals surface area contributed by atoms with Crippen LogP contribution in [0.25, 0.3) is 0 Å². The summed E-state index contributed by atoms with van der Waals surface area (Å²) in [6.45, 7) is 12.5. The SMILES string of the molecule is CC(C)(CNC(C)(C)C)COc1ccc(Br)cc1Br. The lowest BCUT2D eigenvalue weighted by atomic mass is 9.93. The van der Waals surface area contributed by atoms with E-state index in [9.17, 15) is 0 Å². The van der Waals surface area contributed by atoms with Gasteiger partial charge in [0.2, 0.25) is 0 Å². The van der Waals surface area contributed by atoms with Gasteiger partial charge in [0.05, 0.1) is 11.1 Å².